The van der Waals surface area contributed by atoms with Gasteiger partial charge in [0, 0.05) is 13.1 Å². The number of ketones is 1. The molecule has 1 aromatic carbocycles. The average Bonchev–Trinajstić information content (AvgIpc) is 2.65. The molecule has 2 rings (SSSR count). The van der Waals surface area contributed by atoms with Gasteiger partial charge in [0.15, 0.2) is 11.6 Å². The third-order valence-electron chi connectivity index (χ3n) is 2.43. The maximum atomic E-state index is 13.8. The van der Waals surface area contributed by atoms with Crippen LogP contribution >= 0.6 is 11.6 Å². The number of Topliss-reactive ketones (excluding diaryl/α,β-unsaturated/α-hetero) is 1. The van der Waals surface area contributed by atoms with Gasteiger partial charge in [-0.25, -0.2) is 9.37 Å². The van der Waals surface area contributed by atoms with Crippen molar-refractivity contribution in [3.05, 3.63) is 46.8 Å². The zero-order valence-corrected chi connectivity index (χ0v) is 10.1. The summed E-state index contributed by atoms with van der Waals surface area (Å²) in [6.07, 6.45) is 1.51. The summed E-state index contributed by atoms with van der Waals surface area (Å²) >= 11 is 5.71. The Morgan fingerprint density at radius 1 is 1.47 bits per heavy atom. The summed E-state index contributed by atoms with van der Waals surface area (Å²) in [4.78, 5) is 15.3. The predicted molar refractivity (Wildman–Crippen MR) is 63.3 cm³/mol. The van der Waals surface area contributed by atoms with Gasteiger partial charge in [-0.05, 0) is 19.1 Å². The molecule has 17 heavy (non-hydrogen) atoms. The highest BCUT2D eigenvalue weighted by atomic mass is 35.5. The van der Waals surface area contributed by atoms with E-state index in [2.05, 4.69) is 4.98 Å². The van der Waals surface area contributed by atoms with E-state index in [1.54, 1.807) is 19.1 Å². The monoisotopic (exact) mass is 252 g/mol. The van der Waals surface area contributed by atoms with Crippen LogP contribution in [0.1, 0.15) is 23.2 Å². The van der Waals surface area contributed by atoms with Gasteiger partial charge in [-0.3, -0.25) is 4.79 Å². The number of nitrogens with zero attached hydrogens (tertiary/aromatic N) is 2. The summed E-state index contributed by atoms with van der Waals surface area (Å²) in [5.41, 5.74) is 0.594. The fourth-order valence-corrected chi connectivity index (χ4v) is 1.73. The second kappa shape index (κ2) is 4.30. The Labute approximate surface area is 103 Å². The van der Waals surface area contributed by atoms with E-state index in [1.807, 2.05) is 0 Å². The van der Waals surface area contributed by atoms with E-state index in [4.69, 9.17) is 11.6 Å². The van der Waals surface area contributed by atoms with E-state index in [1.165, 1.54) is 23.8 Å². The van der Waals surface area contributed by atoms with Gasteiger partial charge >= 0.3 is 0 Å². The molecule has 0 fully saturated rings. The minimum atomic E-state index is -0.523. The van der Waals surface area contributed by atoms with Crippen molar-refractivity contribution in [3.63, 3.8) is 0 Å². The summed E-state index contributed by atoms with van der Waals surface area (Å²) in [6.45, 7) is 3.12. The van der Waals surface area contributed by atoms with Crippen molar-refractivity contribution in [2.24, 2.45) is 0 Å². The van der Waals surface area contributed by atoms with Gasteiger partial charge in [-0.1, -0.05) is 17.7 Å². The highest BCUT2D eigenvalue weighted by molar-refractivity contribution is 6.30. The van der Waals surface area contributed by atoms with Gasteiger partial charge in [0.1, 0.15) is 11.5 Å². The molecule has 0 saturated heterocycles. The normalized spacial score (nSPS) is 10.6. The molecule has 1 aromatic heterocycles. The smallest absolute Gasteiger partial charge is 0.179 e. The molecule has 2 aromatic rings. The van der Waals surface area contributed by atoms with Crippen molar-refractivity contribution in [1.82, 2.24) is 9.55 Å². The highest BCUT2D eigenvalue weighted by Crippen LogP contribution is 2.22. The minimum Gasteiger partial charge on any atom is -0.300 e. The van der Waals surface area contributed by atoms with Gasteiger partial charge in [-0.2, -0.15) is 0 Å². The van der Waals surface area contributed by atoms with Crippen LogP contribution in [0.3, 0.4) is 0 Å². The SMILES string of the molecule is CC(=O)c1cn(-c2cccc(Cl)c2F)c(C)n1. The van der Waals surface area contributed by atoms with Crippen LogP contribution in [0.15, 0.2) is 24.4 Å². The van der Waals surface area contributed by atoms with Crippen LogP contribution in [0.5, 0.6) is 0 Å². The maximum absolute atomic E-state index is 13.8. The van der Waals surface area contributed by atoms with Crippen LogP contribution in [0.4, 0.5) is 4.39 Å². The third kappa shape index (κ3) is 2.08. The molecule has 1 heterocycles. The van der Waals surface area contributed by atoms with Gasteiger partial charge in [0.2, 0.25) is 0 Å². The van der Waals surface area contributed by atoms with E-state index in [-0.39, 0.29) is 16.5 Å². The van der Waals surface area contributed by atoms with Crippen molar-refractivity contribution in [2.75, 3.05) is 0 Å². The molecule has 88 valence electrons. The Morgan fingerprint density at radius 3 is 2.76 bits per heavy atom. The average molecular weight is 253 g/mol. The lowest BCUT2D eigenvalue weighted by molar-refractivity contribution is 0.101. The number of rotatable bonds is 2. The number of halogens is 2. The first-order valence-electron chi connectivity index (χ1n) is 5.02. The van der Waals surface area contributed by atoms with E-state index in [0.29, 0.717) is 11.5 Å². The zero-order valence-electron chi connectivity index (χ0n) is 9.37. The molecule has 0 unspecified atom stereocenters. The Bertz CT molecular complexity index is 592. The van der Waals surface area contributed by atoms with Crippen molar-refractivity contribution < 1.29 is 9.18 Å². The summed E-state index contributed by atoms with van der Waals surface area (Å²) in [6, 6.07) is 4.70. The van der Waals surface area contributed by atoms with Crippen LogP contribution in [0.2, 0.25) is 5.02 Å². The van der Waals surface area contributed by atoms with E-state index < -0.39 is 5.82 Å². The number of hydrogen-bond donors (Lipinski definition) is 0. The zero-order chi connectivity index (χ0) is 12.6. The molecule has 0 saturated carbocycles. The second-order valence-electron chi connectivity index (χ2n) is 3.67. The maximum Gasteiger partial charge on any atom is 0.179 e. The van der Waals surface area contributed by atoms with Gasteiger partial charge < -0.3 is 4.57 Å². The summed E-state index contributed by atoms with van der Waals surface area (Å²) in [5, 5.41) is 0.0416. The van der Waals surface area contributed by atoms with Gasteiger partial charge in [-0.15, -0.1) is 0 Å². The van der Waals surface area contributed by atoms with Crippen LogP contribution in [-0.4, -0.2) is 15.3 Å². The summed E-state index contributed by atoms with van der Waals surface area (Å²) in [5.74, 6) is -0.143. The van der Waals surface area contributed by atoms with E-state index in [0.717, 1.165) is 0 Å². The molecule has 5 heteroatoms. The molecule has 0 atom stereocenters. The third-order valence-corrected chi connectivity index (χ3v) is 2.73. The first-order chi connectivity index (χ1) is 8.00. The molecule has 3 nitrogen and oxygen atoms in total. The molecule has 0 aliphatic rings. The van der Waals surface area contributed by atoms with Crippen LogP contribution in [0.25, 0.3) is 5.69 Å². The van der Waals surface area contributed by atoms with Crippen molar-refractivity contribution in [2.45, 2.75) is 13.8 Å². The quantitative estimate of drug-likeness (QED) is 0.770. The number of benzene rings is 1. The minimum absolute atomic E-state index is 0.0416. The molecule has 0 radical (unpaired) electrons. The molecule has 0 amide bonds. The summed E-state index contributed by atoms with van der Waals surface area (Å²) in [7, 11) is 0. The number of hydrogen-bond acceptors (Lipinski definition) is 2. The van der Waals surface area contributed by atoms with Gasteiger partial charge in [0.05, 0.1) is 10.7 Å². The Morgan fingerprint density at radius 2 is 2.18 bits per heavy atom. The van der Waals surface area contributed by atoms with Crippen LogP contribution < -0.4 is 0 Å². The predicted octanol–water partition coefficient (Wildman–Crippen LogP) is 3.18. The number of aryl methyl sites for hydroxylation is 1. The number of carbonyl (C=O) groups is 1. The Hall–Kier alpha value is -1.68. The second-order valence-corrected chi connectivity index (χ2v) is 4.08. The standard InChI is InChI=1S/C12H10ClFN2O/c1-7(17)10-6-16(8(2)15-10)11-5-3-4-9(13)12(11)14/h3-6H,1-2H3. The molecular weight excluding hydrogens is 243 g/mol. The lowest BCUT2D eigenvalue weighted by Crippen LogP contribution is -1.99. The molecular formula is C12H10ClFN2O. The van der Waals surface area contributed by atoms with E-state index in [9.17, 15) is 9.18 Å². The Balaban J connectivity index is 2.60. The first kappa shape index (κ1) is 11.8. The van der Waals surface area contributed by atoms with Crippen LogP contribution in [0, 0.1) is 12.7 Å². The number of imidazole rings is 1. The van der Waals surface area contributed by atoms with Gasteiger partial charge in [0.25, 0.3) is 0 Å². The lowest BCUT2D eigenvalue weighted by atomic mass is 10.3. The summed E-state index contributed by atoms with van der Waals surface area (Å²) < 4.78 is 15.3. The lowest BCUT2D eigenvalue weighted by Gasteiger charge is -2.06. The molecule has 0 spiro atoms. The number of aromatic nitrogens is 2. The molecule has 0 N–H and O–H groups in total. The van der Waals surface area contributed by atoms with Crippen molar-refractivity contribution in [1.29, 1.82) is 0 Å². The fraction of sp³-hybridized carbons (Fsp3) is 0.167. The fourth-order valence-electron chi connectivity index (χ4n) is 1.56. The Kier molecular flexibility index (Phi) is 2.98. The van der Waals surface area contributed by atoms with E-state index >= 15 is 0 Å². The highest BCUT2D eigenvalue weighted by Gasteiger charge is 2.13. The van der Waals surface area contributed by atoms with Crippen molar-refractivity contribution in [3.8, 4) is 5.69 Å². The first-order valence-corrected chi connectivity index (χ1v) is 5.40. The van der Waals surface area contributed by atoms with Crippen LogP contribution in [-0.2, 0) is 0 Å². The molecule has 0 aliphatic heterocycles. The topological polar surface area (TPSA) is 34.9 Å². The molecule has 0 aliphatic carbocycles. The largest absolute Gasteiger partial charge is 0.300 e. The number of carbonyl (C=O) groups excluding carboxylic acids is 1. The molecule has 0 bridgehead atoms. The van der Waals surface area contributed by atoms with Crippen molar-refractivity contribution >= 4 is 17.4 Å².